The first-order chi connectivity index (χ1) is 20.7. The van der Waals surface area contributed by atoms with Gasteiger partial charge in [0.25, 0.3) is 0 Å². The third-order valence-corrected chi connectivity index (χ3v) is 11.7. The van der Waals surface area contributed by atoms with E-state index in [9.17, 15) is 23.0 Å². The Morgan fingerprint density at radius 2 is 1.77 bits per heavy atom. The van der Waals surface area contributed by atoms with Crippen LogP contribution in [0.4, 0.5) is 16.2 Å². The van der Waals surface area contributed by atoms with Crippen LogP contribution in [0.2, 0.25) is 0 Å². The number of benzene rings is 1. The number of aryl methyl sites for hydroxylation is 1. The van der Waals surface area contributed by atoms with Crippen LogP contribution < -0.4 is 10.6 Å². The Morgan fingerprint density at radius 1 is 1.00 bits per heavy atom. The van der Waals surface area contributed by atoms with Crippen molar-refractivity contribution in [2.75, 3.05) is 16.4 Å². The quantitative estimate of drug-likeness (QED) is 0.197. The molecular formula is C30H33FN6O4S2. The first-order valence-corrected chi connectivity index (χ1v) is 17.1. The average molecular weight is 625 g/mol. The second kappa shape index (κ2) is 11.0. The van der Waals surface area contributed by atoms with E-state index in [1.165, 1.54) is 23.5 Å². The molecule has 4 aromatic rings. The second-order valence-electron chi connectivity index (χ2n) is 11.9. The molecule has 10 nitrogen and oxygen atoms in total. The Kier molecular flexibility index (Phi) is 7.31. The summed E-state index contributed by atoms with van der Waals surface area (Å²) in [7, 11) is -3.82. The zero-order chi connectivity index (χ0) is 29.9. The van der Waals surface area contributed by atoms with Crippen molar-refractivity contribution in [2.24, 2.45) is 5.92 Å². The van der Waals surface area contributed by atoms with Crippen LogP contribution >= 0.6 is 11.3 Å². The summed E-state index contributed by atoms with van der Waals surface area (Å²) in [6.45, 7) is 1.90. The molecule has 0 unspecified atom stereocenters. The van der Waals surface area contributed by atoms with E-state index in [-0.39, 0.29) is 17.1 Å². The number of fused-ring (bicyclic) bond motifs is 1. The third-order valence-electron chi connectivity index (χ3n) is 8.77. The number of hydrogen-bond donors (Lipinski definition) is 4. The van der Waals surface area contributed by atoms with Gasteiger partial charge in [-0.25, -0.2) is 22.8 Å². The van der Waals surface area contributed by atoms with Crippen LogP contribution in [-0.4, -0.2) is 68.6 Å². The second-order valence-corrected chi connectivity index (χ2v) is 15.0. The van der Waals surface area contributed by atoms with Crippen molar-refractivity contribution in [2.45, 2.75) is 80.6 Å². The standard InChI is InChI=1S/C30H33FN6O4S2/c1-15-23(29-36-25-22(42-29)11-12-32-24(25)16-5-6-16)28(37-30(33-15)34-19-3-2-4-19)35-21-13-17(26(38)27(21)39)14-43(40,41)20-9-7-18(31)8-10-20/h7-12,16-17,19,21,26-27,38-39H,2-6,13-14H2,1H3,(H2,33,34,35,37)/t17-,21-,26-,27+/m1/s1. The Bertz CT molecular complexity index is 1780. The number of nitrogens with one attached hydrogen (secondary N) is 2. The molecule has 4 N–H and O–H groups in total. The highest BCUT2D eigenvalue weighted by Gasteiger charge is 2.44. The molecule has 0 amide bonds. The van der Waals surface area contributed by atoms with Crippen LogP contribution in [0.15, 0.2) is 41.4 Å². The Morgan fingerprint density at radius 3 is 2.47 bits per heavy atom. The molecule has 3 aliphatic rings. The molecule has 0 saturated heterocycles. The molecule has 3 fully saturated rings. The van der Waals surface area contributed by atoms with Crippen LogP contribution in [0.25, 0.3) is 20.8 Å². The highest BCUT2D eigenvalue weighted by Crippen LogP contribution is 2.45. The van der Waals surface area contributed by atoms with Crippen LogP contribution in [0, 0.1) is 18.7 Å². The van der Waals surface area contributed by atoms with Gasteiger partial charge in [-0.15, -0.1) is 11.3 Å². The number of aliphatic hydroxyl groups excluding tert-OH is 2. The normalized spacial score (nSPS) is 24.3. The zero-order valence-corrected chi connectivity index (χ0v) is 25.2. The number of aliphatic hydroxyl groups is 2. The van der Waals surface area contributed by atoms with Crippen molar-refractivity contribution in [3.8, 4) is 10.6 Å². The number of hydrogen-bond acceptors (Lipinski definition) is 11. The van der Waals surface area contributed by atoms with Crippen molar-refractivity contribution in [1.82, 2.24) is 19.9 Å². The molecule has 3 saturated carbocycles. The molecule has 3 aliphatic carbocycles. The minimum atomic E-state index is -3.82. The lowest BCUT2D eigenvalue weighted by atomic mass is 9.93. The van der Waals surface area contributed by atoms with Gasteiger partial charge >= 0.3 is 0 Å². The van der Waals surface area contributed by atoms with Crippen molar-refractivity contribution < 1.29 is 23.0 Å². The first-order valence-electron chi connectivity index (χ1n) is 14.7. The predicted molar refractivity (Wildman–Crippen MR) is 162 cm³/mol. The summed E-state index contributed by atoms with van der Waals surface area (Å²) in [5.74, 6) is -0.286. The lowest BCUT2D eigenvalue weighted by molar-refractivity contribution is 0.0216. The van der Waals surface area contributed by atoms with Gasteiger partial charge in [0.05, 0.1) is 44.4 Å². The van der Waals surface area contributed by atoms with Crippen LogP contribution in [0.3, 0.4) is 0 Å². The minimum absolute atomic E-state index is 0.0247. The Hall–Kier alpha value is -3.26. The topological polar surface area (TPSA) is 150 Å². The van der Waals surface area contributed by atoms with E-state index in [1.807, 2.05) is 19.2 Å². The number of aromatic nitrogens is 4. The third kappa shape index (κ3) is 5.59. The van der Waals surface area contributed by atoms with Gasteiger partial charge in [0.1, 0.15) is 28.3 Å². The SMILES string of the molecule is Cc1nc(NC2CCC2)nc(N[C@@H]2C[C@H](CS(=O)(=O)c3ccc(F)cc3)[C@@H](O)[C@H]2O)c1-c1nc2c(C3CC3)nccc2s1. The number of nitrogens with zero attached hydrogens (tertiary/aromatic N) is 4. The molecule has 4 atom stereocenters. The highest BCUT2D eigenvalue weighted by molar-refractivity contribution is 7.91. The largest absolute Gasteiger partial charge is 0.390 e. The molecule has 7 rings (SSSR count). The van der Waals surface area contributed by atoms with Gasteiger partial charge in [0.15, 0.2) is 9.84 Å². The number of halogens is 1. The number of thiazole rings is 1. The Balaban J connectivity index is 1.20. The van der Waals surface area contributed by atoms with E-state index in [0.29, 0.717) is 35.0 Å². The van der Waals surface area contributed by atoms with E-state index in [2.05, 4.69) is 15.6 Å². The summed E-state index contributed by atoms with van der Waals surface area (Å²) in [4.78, 5) is 19.2. The van der Waals surface area contributed by atoms with Crippen LogP contribution in [0.1, 0.15) is 55.8 Å². The number of rotatable bonds is 9. The summed E-state index contributed by atoms with van der Waals surface area (Å²) in [6, 6.07) is 6.20. The molecule has 43 heavy (non-hydrogen) atoms. The van der Waals surface area contributed by atoms with E-state index >= 15 is 0 Å². The lowest BCUT2D eigenvalue weighted by Crippen LogP contribution is -2.36. The van der Waals surface area contributed by atoms with Gasteiger partial charge in [0, 0.05) is 24.1 Å². The fourth-order valence-electron chi connectivity index (χ4n) is 6.00. The molecule has 13 heteroatoms. The summed E-state index contributed by atoms with van der Waals surface area (Å²) in [6.07, 6.45) is 4.94. The van der Waals surface area contributed by atoms with Crippen molar-refractivity contribution >= 4 is 43.2 Å². The van der Waals surface area contributed by atoms with Crippen LogP contribution in [0.5, 0.6) is 0 Å². The number of anilines is 2. The summed E-state index contributed by atoms with van der Waals surface area (Å²) < 4.78 is 40.5. The van der Waals surface area contributed by atoms with E-state index in [4.69, 9.17) is 15.0 Å². The first kappa shape index (κ1) is 28.5. The molecule has 3 aromatic heterocycles. The summed E-state index contributed by atoms with van der Waals surface area (Å²) in [5, 5.41) is 29.5. The predicted octanol–water partition coefficient (Wildman–Crippen LogP) is 4.43. The van der Waals surface area contributed by atoms with Crippen molar-refractivity contribution in [1.29, 1.82) is 0 Å². The minimum Gasteiger partial charge on any atom is -0.390 e. The number of pyridine rings is 1. The molecular weight excluding hydrogens is 592 g/mol. The molecule has 1 aromatic carbocycles. The van der Waals surface area contributed by atoms with Gasteiger partial charge < -0.3 is 20.8 Å². The molecule has 226 valence electrons. The molecule has 3 heterocycles. The molecule has 0 aliphatic heterocycles. The maximum absolute atomic E-state index is 13.4. The van der Waals surface area contributed by atoms with E-state index in [1.54, 1.807) is 0 Å². The van der Waals surface area contributed by atoms with Crippen LogP contribution in [-0.2, 0) is 9.84 Å². The molecule has 0 spiro atoms. The Labute approximate surface area is 252 Å². The smallest absolute Gasteiger partial charge is 0.225 e. The maximum Gasteiger partial charge on any atom is 0.225 e. The fraction of sp³-hybridized carbons (Fsp3) is 0.467. The van der Waals surface area contributed by atoms with Gasteiger partial charge in [-0.05, 0) is 75.8 Å². The van der Waals surface area contributed by atoms with E-state index in [0.717, 1.165) is 65.2 Å². The van der Waals surface area contributed by atoms with Gasteiger partial charge in [0.2, 0.25) is 5.95 Å². The highest BCUT2D eigenvalue weighted by atomic mass is 32.2. The van der Waals surface area contributed by atoms with Crippen molar-refractivity contribution in [3.63, 3.8) is 0 Å². The van der Waals surface area contributed by atoms with Gasteiger partial charge in [-0.3, -0.25) is 4.98 Å². The summed E-state index contributed by atoms with van der Waals surface area (Å²) in [5.41, 5.74) is 3.30. The van der Waals surface area contributed by atoms with Gasteiger partial charge in [-0.2, -0.15) is 4.98 Å². The average Bonchev–Trinajstić information content (AvgIpc) is 3.65. The van der Waals surface area contributed by atoms with Crippen molar-refractivity contribution in [3.05, 3.63) is 53.7 Å². The van der Waals surface area contributed by atoms with Gasteiger partial charge in [-0.1, -0.05) is 0 Å². The maximum atomic E-state index is 13.4. The number of sulfone groups is 1. The molecule has 0 bridgehead atoms. The molecule has 0 radical (unpaired) electrons. The zero-order valence-electron chi connectivity index (χ0n) is 23.6. The lowest BCUT2D eigenvalue weighted by Gasteiger charge is -2.27. The fourth-order valence-corrected chi connectivity index (χ4v) is 8.71. The monoisotopic (exact) mass is 624 g/mol. The van der Waals surface area contributed by atoms with E-state index < -0.39 is 39.8 Å². The summed E-state index contributed by atoms with van der Waals surface area (Å²) >= 11 is 1.53.